The molecule has 2 amide bonds. The van der Waals surface area contributed by atoms with Crippen molar-refractivity contribution in [2.24, 2.45) is 0 Å². The van der Waals surface area contributed by atoms with Crippen LogP contribution in [0.4, 0.5) is 5.69 Å². The number of nitrogens with zero attached hydrogens (tertiary/aromatic N) is 1. The van der Waals surface area contributed by atoms with E-state index in [1.54, 1.807) is 36.4 Å². The lowest BCUT2D eigenvalue weighted by molar-refractivity contribution is -0.117. The summed E-state index contributed by atoms with van der Waals surface area (Å²) in [4.78, 5) is 25.5. The molecule has 33 heavy (non-hydrogen) atoms. The highest BCUT2D eigenvalue weighted by Gasteiger charge is 2.34. The molecule has 0 unspecified atom stereocenters. The number of rotatable bonds is 5. The van der Waals surface area contributed by atoms with Crippen LogP contribution in [0.2, 0.25) is 5.02 Å². The molecule has 5 rings (SSSR count). The Morgan fingerprint density at radius 3 is 2.67 bits per heavy atom. The molecule has 3 aromatic rings. The number of fused-ring (bicyclic) bond motifs is 1. The molecule has 0 radical (unpaired) electrons. The first-order valence-electron chi connectivity index (χ1n) is 9.92. The van der Waals surface area contributed by atoms with Gasteiger partial charge in [0.25, 0.3) is 11.8 Å². The van der Waals surface area contributed by atoms with Gasteiger partial charge in [-0.25, -0.2) is 5.01 Å². The van der Waals surface area contributed by atoms with E-state index in [0.717, 1.165) is 5.56 Å². The van der Waals surface area contributed by atoms with Crippen LogP contribution in [-0.2, 0) is 16.2 Å². The number of benzene rings is 3. The third-order valence-corrected chi connectivity index (χ3v) is 5.87. The average Bonchev–Trinajstić information content (AvgIpc) is 3.38. The van der Waals surface area contributed by atoms with Crippen molar-refractivity contribution in [1.29, 1.82) is 0 Å². The van der Waals surface area contributed by atoms with Crippen molar-refractivity contribution in [2.75, 3.05) is 11.8 Å². The lowest BCUT2D eigenvalue weighted by atomic mass is 10.1. The van der Waals surface area contributed by atoms with Gasteiger partial charge < -0.3 is 14.2 Å². The van der Waals surface area contributed by atoms with Crippen molar-refractivity contribution in [2.45, 2.75) is 6.61 Å². The molecule has 1 fully saturated rings. The Morgan fingerprint density at radius 1 is 1.06 bits per heavy atom. The van der Waals surface area contributed by atoms with E-state index in [9.17, 15) is 9.59 Å². The van der Waals surface area contributed by atoms with Crippen molar-refractivity contribution >= 4 is 51.1 Å². The molecule has 7 nitrogen and oxygen atoms in total. The largest absolute Gasteiger partial charge is 0.487 e. The summed E-state index contributed by atoms with van der Waals surface area (Å²) < 4.78 is 17.4. The number of hydrazine groups is 1. The average molecular weight is 528 g/mol. The maximum absolute atomic E-state index is 13.0. The monoisotopic (exact) mass is 526 g/mol. The van der Waals surface area contributed by atoms with Gasteiger partial charge in [0.05, 0.1) is 10.2 Å². The summed E-state index contributed by atoms with van der Waals surface area (Å²) in [7, 11) is 0. The Kier molecular flexibility index (Phi) is 5.70. The molecule has 2 aliphatic heterocycles. The minimum Gasteiger partial charge on any atom is -0.487 e. The number of ether oxygens (including phenoxy) is 3. The first-order chi connectivity index (χ1) is 16.0. The molecule has 2 aliphatic rings. The topological polar surface area (TPSA) is 77.1 Å². The Bertz CT molecular complexity index is 1300. The van der Waals surface area contributed by atoms with Crippen molar-refractivity contribution in [3.8, 4) is 17.2 Å². The quantitative estimate of drug-likeness (QED) is 0.378. The second kappa shape index (κ2) is 8.80. The van der Waals surface area contributed by atoms with Gasteiger partial charge in [0.15, 0.2) is 11.5 Å². The number of para-hydroxylation sites is 1. The first-order valence-corrected chi connectivity index (χ1v) is 11.1. The Balaban J connectivity index is 1.44. The van der Waals surface area contributed by atoms with E-state index >= 15 is 0 Å². The van der Waals surface area contributed by atoms with Crippen LogP contribution in [0.25, 0.3) is 6.08 Å². The SMILES string of the molecule is O=C1NN(c2ccccc2)C(=O)/C1=C\c1cc(Cl)cc(Br)c1OCc1ccc2c(c1)OCO2. The van der Waals surface area contributed by atoms with Gasteiger partial charge in [0.1, 0.15) is 17.9 Å². The van der Waals surface area contributed by atoms with E-state index in [0.29, 0.717) is 38.0 Å². The van der Waals surface area contributed by atoms with Gasteiger partial charge in [-0.2, -0.15) is 0 Å². The summed E-state index contributed by atoms with van der Waals surface area (Å²) in [6.45, 7) is 0.416. The second-order valence-electron chi connectivity index (χ2n) is 7.26. The number of carbonyl (C=O) groups excluding carboxylic acids is 2. The molecule has 0 spiro atoms. The van der Waals surface area contributed by atoms with Crippen LogP contribution in [0.5, 0.6) is 17.2 Å². The molecule has 0 bridgehead atoms. The van der Waals surface area contributed by atoms with Gasteiger partial charge in [-0.05, 0) is 64.0 Å². The number of amides is 2. The summed E-state index contributed by atoms with van der Waals surface area (Å²) in [6.07, 6.45) is 1.48. The minimum atomic E-state index is -0.512. The van der Waals surface area contributed by atoms with Crippen molar-refractivity contribution < 1.29 is 23.8 Å². The Hall–Kier alpha value is -3.49. The van der Waals surface area contributed by atoms with Crippen LogP contribution in [0, 0.1) is 0 Å². The summed E-state index contributed by atoms with van der Waals surface area (Å²) >= 11 is 9.72. The number of carbonyl (C=O) groups is 2. The number of hydrogen-bond donors (Lipinski definition) is 1. The van der Waals surface area contributed by atoms with Gasteiger partial charge in [-0.15, -0.1) is 0 Å². The zero-order chi connectivity index (χ0) is 22.9. The molecule has 1 N–H and O–H groups in total. The molecule has 0 saturated carbocycles. The smallest absolute Gasteiger partial charge is 0.282 e. The fourth-order valence-corrected chi connectivity index (χ4v) is 4.45. The van der Waals surface area contributed by atoms with E-state index in [2.05, 4.69) is 21.4 Å². The second-order valence-corrected chi connectivity index (χ2v) is 8.55. The molecule has 2 heterocycles. The van der Waals surface area contributed by atoms with Crippen molar-refractivity contribution in [1.82, 2.24) is 5.43 Å². The summed E-state index contributed by atoms with van der Waals surface area (Å²) in [5.41, 5.74) is 4.47. The highest BCUT2D eigenvalue weighted by Crippen LogP contribution is 2.37. The predicted molar refractivity (Wildman–Crippen MR) is 126 cm³/mol. The van der Waals surface area contributed by atoms with E-state index in [1.807, 2.05) is 24.3 Å². The predicted octanol–water partition coefficient (Wildman–Crippen LogP) is 4.87. The summed E-state index contributed by atoms with van der Waals surface area (Å²) in [6, 6.07) is 17.7. The number of anilines is 1. The minimum absolute atomic E-state index is 0.0269. The van der Waals surface area contributed by atoms with Crippen LogP contribution in [0.15, 0.2) is 70.7 Å². The zero-order valence-electron chi connectivity index (χ0n) is 17.0. The molecular formula is C24H16BrClN2O5. The maximum Gasteiger partial charge on any atom is 0.282 e. The highest BCUT2D eigenvalue weighted by molar-refractivity contribution is 9.10. The van der Waals surface area contributed by atoms with Gasteiger partial charge in [-0.3, -0.25) is 15.0 Å². The molecular weight excluding hydrogens is 512 g/mol. The number of nitrogens with one attached hydrogen (secondary N) is 1. The highest BCUT2D eigenvalue weighted by atomic mass is 79.9. The Labute approximate surface area is 202 Å². The lowest BCUT2D eigenvalue weighted by Gasteiger charge is -2.14. The summed E-state index contributed by atoms with van der Waals surface area (Å²) in [5, 5.41) is 1.64. The molecule has 3 aromatic carbocycles. The third kappa shape index (κ3) is 4.27. The van der Waals surface area contributed by atoms with E-state index in [-0.39, 0.29) is 19.0 Å². The van der Waals surface area contributed by atoms with Gasteiger partial charge in [0, 0.05) is 10.6 Å². The van der Waals surface area contributed by atoms with Crippen LogP contribution in [-0.4, -0.2) is 18.6 Å². The molecule has 166 valence electrons. The fraction of sp³-hybridized carbons (Fsp3) is 0.0833. The molecule has 0 aromatic heterocycles. The van der Waals surface area contributed by atoms with Gasteiger partial charge in [-0.1, -0.05) is 35.9 Å². The number of hydrogen-bond acceptors (Lipinski definition) is 5. The molecule has 1 saturated heterocycles. The van der Waals surface area contributed by atoms with Crippen LogP contribution in [0.3, 0.4) is 0 Å². The van der Waals surface area contributed by atoms with Gasteiger partial charge >= 0.3 is 0 Å². The summed E-state index contributed by atoms with van der Waals surface area (Å²) in [5.74, 6) is 0.808. The van der Waals surface area contributed by atoms with E-state index < -0.39 is 11.8 Å². The normalized spacial score (nSPS) is 15.8. The lowest BCUT2D eigenvalue weighted by Crippen LogP contribution is -2.35. The fourth-order valence-electron chi connectivity index (χ4n) is 3.50. The van der Waals surface area contributed by atoms with Gasteiger partial charge in [0.2, 0.25) is 6.79 Å². The van der Waals surface area contributed by atoms with Crippen LogP contribution in [0.1, 0.15) is 11.1 Å². The third-order valence-electron chi connectivity index (χ3n) is 5.06. The molecule has 0 atom stereocenters. The van der Waals surface area contributed by atoms with Crippen molar-refractivity contribution in [3.05, 3.63) is 86.9 Å². The van der Waals surface area contributed by atoms with Crippen molar-refractivity contribution in [3.63, 3.8) is 0 Å². The van der Waals surface area contributed by atoms with E-state index in [4.69, 9.17) is 25.8 Å². The van der Waals surface area contributed by atoms with Crippen LogP contribution < -0.4 is 24.6 Å². The van der Waals surface area contributed by atoms with Crippen LogP contribution >= 0.6 is 27.5 Å². The Morgan fingerprint density at radius 2 is 1.85 bits per heavy atom. The first kappa shape index (κ1) is 21.4. The standard InChI is InChI=1S/C24H16BrClN2O5/c25-19-11-16(26)9-15(22(19)31-12-14-6-7-20-21(8-14)33-13-32-20)10-18-23(29)27-28(24(18)30)17-4-2-1-3-5-17/h1-11H,12-13H2,(H,27,29)/b18-10-. The molecule has 0 aliphatic carbocycles. The van der Waals surface area contributed by atoms with E-state index in [1.165, 1.54) is 11.1 Å². The number of halogens is 2. The zero-order valence-corrected chi connectivity index (χ0v) is 19.4. The maximum atomic E-state index is 13.0. The molecule has 9 heteroatoms.